The Hall–Kier alpha value is -1.84. The summed E-state index contributed by atoms with van der Waals surface area (Å²) in [6.07, 6.45) is -0.474. The van der Waals surface area contributed by atoms with Crippen LogP contribution < -0.4 is 10.1 Å². The molecule has 1 aliphatic rings. The van der Waals surface area contributed by atoms with Crippen molar-refractivity contribution in [2.45, 2.75) is 13.5 Å². The first-order valence-electron chi connectivity index (χ1n) is 4.27. The third-order valence-electron chi connectivity index (χ3n) is 2.12. The van der Waals surface area contributed by atoms with Crippen LogP contribution in [-0.2, 0) is 6.54 Å². The van der Waals surface area contributed by atoms with E-state index in [0.29, 0.717) is 17.9 Å². The van der Waals surface area contributed by atoms with Gasteiger partial charge in [0.05, 0.1) is 6.54 Å². The van der Waals surface area contributed by atoms with Crippen LogP contribution in [0.4, 0.5) is 4.79 Å². The zero-order valence-electron chi connectivity index (χ0n) is 7.66. The van der Waals surface area contributed by atoms with Gasteiger partial charge in [-0.1, -0.05) is 12.1 Å². The molecule has 72 valence electrons. The Labute approximate surface area is 80.9 Å². The second kappa shape index (κ2) is 3.14. The van der Waals surface area contributed by atoms with Gasteiger partial charge in [0, 0.05) is 11.1 Å². The molecule has 0 saturated carbocycles. The maximum absolute atomic E-state index is 11.2. The van der Waals surface area contributed by atoms with Crippen molar-refractivity contribution >= 4 is 11.9 Å². The number of nitrogens with one attached hydrogen (secondary N) is 1. The smallest absolute Gasteiger partial charge is 0.410 e. The van der Waals surface area contributed by atoms with Gasteiger partial charge in [0.1, 0.15) is 5.75 Å². The molecule has 1 amide bonds. The topological polar surface area (TPSA) is 55.4 Å². The number of hydrogen-bond donors (Lipinski definition) is 1. The van der Waals surface area contributed by atoms with E-state index in [1.807, 2.05) is 0 Å². The molecular formula is C10H9NO3. The van der Waals surface area contributed by atoms with Crippen molar-refractivity contribution < 1.29 is 14.3 Å². The minimum atomic E-state index is -0.474. The molecule has 4 nitrogen and oxygen atoms in total. The molecular weight excluding hydrogens is 182 g/mol. The predicted molar refractivity (Wildman–Crippen MR) is 49.3 cm³/mol. The van der Waals surface area contributed by atoms with Crippen molar-refractivity contribution in [1.82, 2.24) is 5.32 Å². The second-order valence-electron chi connectivity index (χ2n) is 3.08. The molecule has 1 aromatic carbocycles. The molecule has 1 heterocycles. The lowest BCUT2D eigenvalue weighted by atomic mass is 10.0. The van der Waals surface area contributed by atoms with E-state index < -0.39 is 6.09 Å². The predicted octanol–water partition coefficient (Wildman–Crippen LogP) is 1.49. The van der Waals surface area contributed by atoms with Crippen LogP contribution in [0.3, 0.4) is 0 Å². The zero-order chi connectivity index (χ0) is 10.1. The average molecular weight is 191 g/mol. The van der Waals surface area contributed by atoms with E-state index in [1.54, 1.807) is 18.2 Å². The molecule has 0 atom stereocenters. The number of benzene rings is 1. The van der Waals surface area contributed by atoms with Crippen molar-refractivity contribution in [1.29, 1.82) is 0 Å². The van der Waals surface area contributed by atoms with Crippen LogP contribution in [0.25, 0.3) is 0 Å². The number of fused-ring (bicyclic) bond motifs is 1. The zero-order valence-corrected chi connectivity index (χ0v) is 7.66. The molecule has 0 aliphatic carbocycles. The molecule has 0 unspecified atom stereocenters. The molecule has 0 saturated heterocycles. The SMILES string of the molecule is CC(=O)c1cccc2c1CNC(=O)O2. The number of ketones is 1. The van der Waals surface area contributed by atoms with Crippen molar-refractivity contribution in [3.8, 4) is 5.75 Å². The van der Waals surface area contributed by atoms with Crippen LogP contribution in [0.15, 0.2) is 18.2 Å². The molecule has 1 aromatic rings. The number of Topliss-reactive ketones (excluding diaryl/α,β-unsaturated/α-hetero) is 1. The first kappa shape index (κ1) is 8.74. The Morgan fingerprint density at radius 2 is 2.29 bits per heavy atom. The lowest BCUT2D eigenvalue weighted by Gasteiger charge is -2.18. The van der Waals surface area contributed by atoms with Crippen LogP contribution in [0.2, 0.25) is 0 Å². The second-order valence-corrected chi connectivity index (χ2v) is 3.08. The maximum atomic E-state index is 11.2. The summed E-state index contributed by atoms with van der Waals surface area (Å²) in [7, 11) is 0. The van der Waals surface area contributed by atoms with Gasteiger partial charge in [-0.3, -0.25) is 4.79 Å². The summed E-state index contributed by atoms with van der Waals surface area (Å²) in [5, 5.41) is 2.52. The Morgan fingerprint density at radius 1 is 1.50 bits per heavy atom. The molecule has 0 bridgehead atoms. The third kappa shape index (κ3) is 1.35. The molecule has 1 N–H and O–H groups in total. The summed E-state index contributed by atoms with van der Waals surface area (Å²) in [4.78, 5) is 22.1. The van der Waals surface area contributed by atoms with Crippen LogP contribution in [-0.4, -0.2) is 11.9 Å². The molecule has 2 rings (SSSR count). The van der Waals surface area contributed by atoms with Crippen molar-refractivity contribution in [3.63, 3.8) is 0 Å². The van der Waals surface area contributed by atoms with E-state index in [0.717, 1.165) is 5.56 Å². The highest BCUT2D eigenvalue weighted by Crippen LogP contribution is 2.25. The van der Waals surface area contributed by atoms with E-state index in [-0.39, 0.29) is 5.78 Å². The standard InChI is InChI=1S/C10H9NO3/c1-6(12)7-3-2-4-9-8(7)5-11-10(13)14-9/h2-4H,5H2,1H3,(H,11,13). The van der Waals surface area contributed by atoms with Crippen molar-refractivity contribution in [2.24, 2.45) is 0 Å². The molecule has 1 aliphatic heterocycles. The fourth-order valence-corrected chi connectivity index (χ4v) is 1.47. The lowest BCUT2D eigenvalue weighted by Crippen LogP contribution is -2.32. The normalized spacial score (nSPS) is 13.9. The summed E-state index contributed by atoms with van der Waals surface area (Å²) < 4.78 is 4.92. The van der Waals surface area contributed by atoms with Crippen LogP contribution >= 0.6 is 0 Å². The number of carbonyl (C=O) groups excluding carboxylic acids is 2. The van der Waals surface area contributed by atoms with Gasteiger partial charge in [-0.15, -0.1) is 0 Å². The molecule has 0 radical (unpaired) electrons. The number of carbonyl (C=O) groups is 2. The monoisotopic (exact) mass is 191 g/mol. The molecule has 0 fully saturated rings. The number of amides is 1. The average Bonchev–Trinajstić information content (AvgIpc) is 2.16. The van der Waals surface area contributed by atoms with E-state index in [9.17, 15) is 9.59 Å². The molecule has 14 heavy (non-hydrogen) atoms. The third-order valence-corrected chi connectivity index (χ3v) is 2.12. The van der Waals surface area contributed by atoms with E-state index >= 15 is 0 Å². The molecule has 0 aromatic heterocycles. The van der Waals surface area contributed by atoms with E-state index in [4.69, 9.17) is 4.74 Å². The summed E-state index contributed by atoms with van der Waals surface area (Å²) in [6, 6.07) is 5.11. The summed E-state index contributed by atoms with van der Waals surface area (Å²) >= 11 is 0. The fourth-order valence-electron chi connectivity index (χ4n) is 1.47. The van der Waals surface area contributed by atoms with E-state index in [1.165, 1.54) is 6.92 Å². The highest BCUT2D eigenvalue weighted by molar-refractivity contribution is 5.96. The number of rotatable bonds is 1. The van der Waals surface area contributed by atoms with Gasteiger partial charge < -0.3 is 10.1 Å². The van der Waals surface area contributed by atoms with Gasteiger partial charge in [-0.2, -0.15) is 0 Å². The Bertz CT molecular complexity index is 412. The fraction of sp³-hybridized carbons (Fsp3) is 0.200. The van der Waals surface area contributed by atoms with Gasteiger partial charge in [0.15, 0.2) is 5.78 Å². The molecule has 4 heteroatoms. The first-order valence-corrected chi connectivity index (χ1v) is 4.27. The summed E-state index contributed by atoms with van der Waals surface area (Å²) in [5.74, 6) is 0.447. The van der Waals surface area contributed by atoms with Crippen LogP contribution in [0, 0.1) is 0 Å². The highest BCUT2D eigenvalue weighted by Gasteiger charge is 2.20. The van der Waals surface area contributed by atoms with Gasteiger partial charge >= 0.3 is 6.09 Å². The minimum absolute atomic E-state index is 0.0263. The van der Waals surface area contributed by atoms with Gasteiger partial charge in [-0.25, -0.2) is 4.79 Å². The Balaban J connectivity index is 2.52. The maximum Gasteiger partial charge on any atom is 0.412 e. The van der Waals surface area contributed by atoms with Crippen molar-refractivity contribution in [2.75, 3.05) is 0 Å². The summed E-state index contributed by atoms with van der Waals surface area (Å²) in [6.45, 7) is 1.84. The van der Waals surface area contributed by atoms with Gasteiger partial charge in [-0.05, 0) is 13.0 Å². The van der Waals surface area contributed by atoms with Crippen molar-refractivity contribution in [3.05, 3.63) is 29.3 Å². The largest absolute Gasteiger partial charge is 0.412 e. The van der Waals surface area contributed by atoms with Crippen LogP contribution in [0.5, 0.6) is 5.75 Å². The number of ether oxygens (including phenoxy) is 1. The molecule has 0 spiro atoms. The minimum Gasteiger partial charge on any atom is -0.410 e. The Morgan fingerprint density at radius 3 is 3.00 bits per heavy atom. The highest BCUT2D eigenvalue weighted by atomic mass is 16.6. The first-order chi connectivity index (χ1) is 6.68. The van der Waals surface area contributed by atoms with Gasteiger partial charge in [0.25, 0.3) is 0 Å². The van der Waals surface area contributed by atoms with E-state index in [2.05, 4.69) is 5.32 Å². The van der Waals surface area contributed by atoms with Crippen LogP contribution in [0.1, 0.15) is 22.8 Å². The summed E-state index contributed by atoms with van der Waals surface area (Å²) in [5.41, 5.74) is 1.35. The van der Waals surface area contributed by atoms with Gasteiger partial charge in [0.2, 0.25) is 0 Å². The lowest BCUT2D eigenvalue weighted by molar-refractivity contribution is 0.101. The number of hydrogen-bond acceptors (Lipinski definition) is 3. The quantitative estimate of drug-likeness (QED) is 0.684. The Kier molecular flexibility index (Phi) is 1.96.